The van der Waals surface area contributed by atoms with Crippen molar-refractivity contribution >= 4 is 28.6 Å². The summed E-state index contributed by atoms with van der Waals surface area (Å²) in [7, 11) is 0. The molecule has 112 valence electrons. The van der Waals surface area contributed by atoms with Gasteiger partial charge in [0.2, 0.25) is 5.91 Å². The lowest BCUT2D eigenvalue weighted by atomic mass is 10.2. The number of aromatic nitrogens is 2. The number of rotatable bonds is 6. The molecule has 1 amide bonds. The van der Waals surface area contributed by atoms with Crippen molar-refractivity contribution in [2.75, 3.05) is 12.3 Å². The minimum Gasteiger partial charge on any atom is -0.355 e. The maximum atomic E-state index is 11.8. The molecule has 0 aliphatic rings. The number of para-hydroxylation sites is 1. The van der Waals surface area contributed by atoms with E-state index in [2.05, 4.69) is 29.1 Å². The first-order chi connectivity index (χ1) is 10.1. The van der Waals surface area contributed by atoms with E-state index in [1.807, 2.05) is 31.2 Å². The fourth-order valence-electron chi connectivity index (χ4n) is 1.88. The third-order valence-electron chi connectivity index (χ3n) is 3.01. The highest BCUT2D eigenvalue weighted by atomic mass is 32.2. The molecule has 4 nitrogen and oxygen atoms in total. The van der Waals surface area contributed by atoms with Crippen LogP contribution in [0.3, 0.4) is 0 Å². The first-order valence-corrected chi connectivity index (χ1v) is 8.26. The molecule has 0 saturated carbocycles. The summed E-state index contributed by atoms with van der Waals surface area (Å²) in [5.74, 6) is 1.53. The monoisotopic (exact) mass is 303 g/mol. The number of nitrogens with zero attached hydrogens (tertiary/aromatic N) is 2. The first-order valence-electron chi connectivity index (χ1n) is 7.28. The average molecular weight is 303 g/mol. The van der Waals surface area contributed by atoms with E-state index in [0.29, 0.717) is 5.75 Å². The Bertz CT molecular complexity index is 628. The standard InChI is InChI=1S/C16H21N3OS/c1-4-9-17-14(20)10-21-16-12-7-5-6-8-13(12)18-15(19-16)11(2)3/h5-8,11H,4,9-10H2,1-3H3,(H,17,20). The third kappa shape index (κ3) is 4.17. The number of thioether (sulfide) groups is 1. The van der Waals surface area contributed by atoms with E-state index in [0.717, 1.165) is 34.7 Å². The number of hydrogen-bond acceptors (Lipinski definition) is 4. The van der Waals surface area contributed by atoms with Crippen LogP contribution in [0.4, 0.5) is 0 Å². The van der Waals surface area contributed by atoms with E-state index in [-0.39, 0.29) is 11.8 Å². The van der Waals surface area contributed by atoms with Crippen molar-refractivity contribution in [2.45, 2.75) is 38.1 Å². The number of carbonyl (C=O) groups is 1. The molecule has 1 N–H and O–H groups in total. The van der Waals surface area contributed by atoms with E-state index in [9.17, 15) is 4.79 Å². The maximum absolute atomic E-state index is 11.8. The van der Waals surface area contributed by atoms with Crippen molar-refractivity contribution in [3.63, 3.8) is 0 Å². The second kappa shape index (κ2) is 7.41. The number of amides is 1. The molecule has 0 aliphatic carbocycles. The summed E-state index contributed by atoms with van der Waals surface area (Å²) in [4.78, 5) is 21.0. The molecule has 2 rings (SSSR count). The molecule has 2 aromatic rings. The molecule has 5 heteroatoms. The lowest BCUT2D eigenvalue weighted by Gasteiger charge is -2.10. The van der Waals surface area contributed by atoms with Gasteiger partial charge in [0.05, 0.1) is 11.3 Å². The molecule has 0 aliphatic heterocycles. The molecular formula is C16H21N3OS. The van der Waals surface area contributed by atoms with Crippen LogP contribution in [0.15, 0.2) is 29.3 Å². The second-order valence-electron chi connectivity index (χ2n) is 5.20. The molecule has 1 aromatic heterocycles. The number of fused-ring (bicyclic) bond motifs is 1. The summed E-state index contributed by atoms with van der Waals surface area (Å²) >= 11 is 1.48. The molecule has 21 heavy (non-hydrogen) atoms. The summed E-state index contributed by atoms with van der Waals surface area (Å²) in [5, 5.41) is 4.78. The van der Waals surface area contributed by atoms with E-state index in [1.54, 1.807) is 0 Å². The van der Waals surface area contributed by atoms with Crippen molar-refractivity contribution in [2.24, 2.45) is 0 Å². The smallest absolute Gasteiger partial charge is 0.230 e. The number of carbonyl (C=O) groups excluding carboxylic acids is 1. The van der Waals surface area contributed by atoms with Crippen LogP contribution in [-0.2, 0) is 4.79 Å². The minimum atomic E-state index is 0.0515. The van der Waals surface area contributed by atoms with Crippen molar-refractivity contribution in [1.29, 1.82) is 0 Å². The van der Waals surface area contributed by atoms with Crippen LogP contribution in [0.1, 0.15) is 38.9 Å². The summed E-state index contributed by atoms with van der Waals surface area (Å²) in [6.07, 6.45) is 0.949. The molecule has 0 fully saturated rings. The molecule has 0 saturated heterocycles. The van der Waals surface area contributed by atoms with E-state index in [1.165, 1.54) is 11.8 Å². The summed E-state index contributed by atoms with van der Waals surface area (Å²) in [6, 6.07) is 7.94. The van der Waals surface area contributed by atoms with Gasteiger partial charge >= 0.3 is 0 Å². The van der Waals surface area contributed by atoms with Crippen LogP contribution in [0.25, 0.3) is 10.9 Å². The fourth-order valence-corrected chi connectivity index (χ4v) is 2.74. The van der Waals surface area contributed by atoms with Crippen LogP contribution in [0, 0.1) is 0 Å². The number of nitrogens with one attached hydrogen (secondary N) is 1. The van der Waals surface area contributed by atoms with Crippen LogP contribution >= 0.6 is 11.8 Å². The van der Waals surface area contributed by atoms with Crippen molar-refractivity contribution < 1.29 is 4.79 Å². The summed E-state index contributed by atoms with van der Waals surface area (Å²) in [5.41, 5.74) is 0.938. The van der Waals surface area contributed by atoms with E-state index < -0.39 is 0 Å². The molecular weight excluding hydrogens is 282 g/mol. The number of hydrogen-bond donors (Lipinski definition) is 1. The van der Waals surface area contributed by atoms with Crippen LogP contribution < -0.4 is 5.32 Å². The molecule has 0 bridgehead atoms. The van der Waals surface area contributed by atoms with Crippen LogP contribution in [0.2, 0.25) is 0 Å². The lowest BCUT2D eigenvalue weighted by molar-refractivity contribution is -0.118. The van der Waals surface area contributed by atoms with Gasteiger partial charge in [0, 0.05) is 17.8 Å². The Labute approximate surface area is 129 Å². The molecule has 1 aromatic carbocycles. The Morgan fingerprint density at radius 1 is 1.29 bits per heavy atom. The van der Waals surface area contributed by atoms with Crippen LogP contribution in [0.5, 0.6) is 0 Å². The van der Waals surface area contributed by atoms with Crippen LogP contribution in [-0.4, -0.2) is 28.2 Å². The topological polar surface area (TPSA) is 54.9 Å². The number of benzene rings is 1. The second-order valence-corrected chi connectivity index (χ2v) is 6.16. The van der Waals surface area contributed by atoms with Gasteiger partial charge < -0.3 is 5.32 Å². The Kier molecular flexibility index (Phi) is 5.56. The molecule has 0 radical (unpaired) electrons. The quantitative estimate of drug-likeness (QED) is 0.656. The molecule has 0 spiro atoms. The Morgan fingerprint density at radius 2 is 2.05 bits per heavy atom. The molecule has 1 heterocycles. The predicted octanol–water partition coefficient (Wildman–Crippen LogP) is 3.37. The third-order valence-corrected chi connectivity index (χ3v) is 4.01. The average Bonchev–Trinajstić information content (AvgIpc) is 2.50. The van der Waals surface area contributed by atoms with Gasteiger partial charge in [-0.2, -0.15) is 0 Å². The molecule has 0 atom stereocenters. The van der Waals surface area contributed by atoms with Gasteiger partial charge in [-0.3, -0.25) is 4.79 Å². The maximum Gasteiger partial charge on any atom is 0.230 e. The van der Waals surface area contributed by atoms with Gasteiger partial charge in [0.25, 0.3) is 0 Å². The fraction of sp³-hybridized carbons (Fsp3) is 0.438. The highest BCUT2D eigenvalue weighted by molar-refractivity contribution is 8.00. The van der Waals surface area contributed by atoms with Crippen molar-refractivity contribution in [1.82, 2.24) is 15.3 Å². The van der Waals surface area contributed by atoms with Crippen molar-refractivity contribution in [3.05, 3.63) is 30.1 Å². The Morgan fingerprint density at radius 3 is 2.76 bits per heavy atom. The zero-order valence-electron chi connectivity index (χ0n) is 12.7. The highest BCUT2D eigenvalue weighted by Gasteiger charge is 2.12. The van der Waals surface area contributed by atoms with Gasteiger partial charge in [-0.25, -0.2) is 9.97 Å². The van der Waals surface area contributed by atoms with Gasteiger partial charge in [-0.1, -0.05) is 50.7 Å². The SMILES string of the molecule is CCCNC(=O)CSc1nc(C(C)C)nc2ccccc12. The van der Waals surface area contributed by atoms with E-state index >= 15 is 0 Å². The highest BCUT2D eigenvalue weighted by Crippen LogP contribution is 2.26. The van der Waals surface area contributed by atoms with E-state index in [4.69, 9.17) is 0 Å². The largest absolute Gasteiger partial charge is 0.355 e. The van der Waals surface area contributed by atoms with Gasteiger partial charge in [-0.15, -0.1) is 0 Å². The summed E-state index contributed by atoms with van der Waals surface area (Å²) < 4.78 is 0. The molecule has 0 unspecified atom stereocenters. The predicted molar refractivity (Wildman–Crippen MR) is 87.7 cm³/mol. The normalized spacial score (nSPS) is 11.0. The zero-order valence-corrected chi connectivity index (χ0v) is 13.5. The lowest BCUT2D eigenvalue weighted by Crippen LogP contribution is -2.25. The minimum absolute atomic E-state index is 0.0515. The summed E-state index contributed by atoms with van der Waals surface area (Å²) in [6.45, 7) is 6.92. The Balaban J connectivity index is 2.23. The Hall–Kier alpha value is -1.62. The zero-order chi connectivity index (χ0) is 15.2. The van der Waals surface area contributed by atoms with Gasteiger partial charge in [0.1, 0.15) is 10.9 Å². The first kappa shape index (κ1) is 15.8. The van der Waals surface area contributed by atoms with Gasteiger partial charge in [0.15, 0.2) is 0 Å². The van der Waals surface area contributed by atoms with Crippen molar-refractivity contribution in [3.8, 4) is 0 Å². The van der Waals surface area contributed by atoms with Gasteiger partial charge in [-0.05, 0) is 12.5 Å².